The lowest BCUT2D eigenvalue weighted by atomic mass is 10.0. The van der Waals surface area contributed by atoms with Crippen LogP contribution >= 0.6 is 38.4 Å². The molecule has 5 heteroatoms. The van der Waals surface area contributed by atoms with Crippen LogP contribution in [0.2, 0.25) is 0 Å². The SMILES string of the molecule is CCOc1cccc(P(c2ccccc2)c2ccccc2)c1-c1c(OCI)cccc1P(c1ccccc1)c1ccccc1. The molecule has 44 heavy (non-hydrogen) atoms. The fourth-order valence-electron chi connectivity index (χ4n) is 5.53. The van der Waals surface area contributed by atoms with E-state index in [1.54, 1.807) is 0 Å². The zero-order valence-electron chi connectivity index (χ0n) is 24.5. The minimum absolute atomic E-state index is 0.543. The highest BCUT2D eigenvalue weighted by atomic mass is 127. The van der Waals surface area contributed by atoms with Gasteiger partial charge in [-0.2, -0.15) is 0 Å². The second kappa shape index (κ2) is 15.0. The Labute approximate surface area is 276 Å². The summed E-state index contributed by atoms with van der Waals surface area (Å²) in [5.41, 5.74) is 2.23. The number of hydrogen-bond donors (Lipinski definition) is 0. The molecule has 0 N–H and O–H groups in total. The summed E-state index contributed by atoms with van der Waals surface area (Å²) in [5, 5.41) is 7.70. The molecular formula is C39H33IO2P2. The summed E-state index contributed by atoms with van der Waals surface area (Å²) in [6.07, 6.45) is 0. The first-order valence-electron chi connectivity index (χ1n) is 14.7. The topological polar surface area (TPSA) is 18.5 Å². The van der Waals surface area contributed by atoms with Crippen molar-refractivity contribution in [3.63, 3.8) is 0 Å². The molecule has 0 aliphatic carbocycles. The third-order valence-corrected chi connectivity index (χ3v) is 12.6. The molecule has 0 saturated carbocycles. The van der Waals surface area contributed by atoms with Gasteiger partial charge in [0.1, 0.15) is 16.1 Å². The molecule has 6 rings (SSSR count). The minimum atomic E-state index is -0.910. The second-order valence-corrected chi connectivity index (χ2v) is 15.0. The summed E-state index contributed by atoms with van der Waals surface area (Å²) in [5.74, 6) is 1.76. The Morgan fingerprint density at radius 1 is 0.432 bits per heavy atom. The molecule has 0 aliphatic rings. The fraction of sp³-hybridized carbons (Fsp3) is 0.0769. The predicted octanol–water partition coefficient (Wildman–Crippen LogP) is 8.04. The standard InChI is InChI=1S/C39H33IO2P2/c1-2-41-34-25-15-27-36(43(30-17-7-3-8-18-30)31-19-9-4-10-20-31)38(34)39-35(42-29-40)26-16-28-37(39)44(32-21-11-5-12-22-32)33-23-13-6-14-24-33/h3-28H,2,29H2,1H3. The van der Waals surface area contributed by atoms with Crippen LogP contribution in [-0.4, -0.2) is 11.2 Å². The molecule has 0 unspecified atom stereocenters. The van der Waals surface area contributed by atoms with E-state index in [0.29, 0.717) is 11.2 Å². The molecule has 0 aromatic heterocycles. The molecule has 0 amide bonds. The van der Waals surface area contributed by atoms with E-state index in [4.69, 9.17) is 9.47 Å². The average Bonchev–Trinajstić information content (AvgIpc) is 3.08. The van der Waals surface area contributed by atoms with Gasteiger partial charge >= 0.3 is 0 Å². The average molecular weight is 723 g/mol. The highest BCUT2D eigenvalue weighted by Crippen LogP contribution is 2.47. The maximum atomic E-state index is 6.49. The first kappa shape index (κ1) is 30.5. The molecule has 0 heterocycles. The Balaban J connectivity index is 1.70. The normalized spacial score (nSPS) is 11.1. The second-order valence-electron chi connectivity index (χ2n) is 10.0. The molecular weight excluding hydrogens is 689 g/mol. The van der Waals surface area contributed by atoms with Crippen molar-refractivity contribution < 1.29 is 9.47 Å². The number of ether oxygens (including phenoxy) is 2. The van der Waals surface area contributed by atoms with Crippen molar-refractivity contribution in [3.8, 4) is 22.6 Å². The van der Waals surface area contributed by atoms with Gasteiger partial charge in [-0.25, -0.2) is 0 Å². The summed E-state index contributed by atoms with van der Waals surface area (Å²) in [7, 11) is -1.82. The van der Waals surface area contributed by atoms with Gasteiger partial charge in [0.25, 0.3) is 0 Å². The predicted molar refractivity (Wildman–Crippen MR) is 200 cm³/mol. The van der Waals surface area contributed by atoms with Gasteiger partial charge in [0.2, 0.25) is 0 Å². The van der Waals surface area contributed by atoms with Crippen molar-refractivity contribution in [2.45, 2.75) is 6.92 Å². The summed E-state index contributed by atoms with van der Waals surface area (Å²) < 4.78 is 13.5. The van der Waals surface area contributed by atoms with E-state index in [0.717, 1.165) is 22.6 Å². The molecule has 0 atom stereocenters. The molecule has 6 aromatic rings. The lowest BCUT2D eigenvalue weighted by Gasteiger charge is -2.28. The Hall–Kier alpha value is -3.49. The van der Waals surface area contributed by atoms with Gasteiger partial charge in [0.15, 0.2) is 0 Å². The van der Waals surface area contributed by atoms with E-state index >= 15 is 0 Å². The zero-order valence-corrected chi connectivity index (χ0v) is 28.5. The molecule has 0 spiro atoms. The first-order chi connectivity index (χ1) is 21.8. The Kier molecular flexibility index (Phi) is 10.4. The van der Waals surface area contributed by atoms with Crippen molar-refractivity contribution in [2.75, 3.05) is 11.2 Å². The minimum Gasteiger partial charge on any atom is -0.493 e. The van der Waals surface area contributed by atoms with Crippen molar-refractivity contribution in [1.82, 2.24) is 0 Å². The van der Waals surface area contributed by atoms with Crippen molar-refractivity contribution in [2.24, 2.45) is 0 Å². The maximum Gasteiger partial charge on any atom is 0.139 e. The highest BCUT2D eigenvalue weighted by Gasteiger charge is 2.29. The van der Waals surface area contributed by atoms with Gasteiger partial charge in [-0.15, -0.1) is 0 Å². The molecule has 6 aromatic carbocycles. The van der Waals surface area contributed by atoms with Gasteiger partial charge < -0.3 is 9.47 Å². The molecule has 218 valence electrons. The van der Waals surface area contributed by atoms with Crippen LogP contribution in [0.1, 0.15) is 6.92 Å². The van der Waals surface area contributed by atoms with Crippen LogP contribution in [-0.2, 0) is 0 Å². The number of halogens is 1. The summed E-state index contributed by atoms with van der Waals surface area (Å²) in [6, 6.07) is 56.6. The van der Waals surface area contributed by atoms with Crippen molar-refractivity contribution in [3.05, 3.63) is 158 Å². The molecule has 0 bridgehead atoms. The monoisotopic (exact) mass is 722 g/mol. The molecule has 0 fully saturated rings. The Morgan fingerprint density at radius 2 is 0.773 bits per heavy atom. The summed E-state index contributed by atoms with van der Waals surface area (Å²) in [6.45, 7) is 2.63. The van der Waals surface area contributed by atoms with Crippen LogP contribution in [0, 0.1) is 0 Å². The number of benzene rings is 6. The van der Waals surface area contributed by atoms with E-state index < -0.39 is 15.8 Å². The van der Waals surface area contributed by atoms with Crippen molar-refractivity contribution in [1.29, 1.82) is 0 Å². The van der Waals surface area contributed by atoms with Crippen molar-refractivity contribution >= 4 is 70.3 Å². The smallest absolute Gasteiger partial charge is 0.139 e. The third-order valence-electron chi connectivity index (χ3n) is 7.31. The van der Waals surface area contributed by atoms with Crippen LogP contribution < -0.4 is 41.3 Å². The van der Waals surface area contributed by atoms with Crippen LogP contribution in [0.25, 0.3) is 11.1 Å². The maximum absolute atomic E-state index is 6.49. The Bertz CT molecular complexity index is 1570. The molecule has 0 radical (unpaired) electrons. The van der Waals surface area contributed by atoms with Crippen LogP contribution in [0.4, 0.5) is 0 Å². The lowest BCUT2D eigenvalue weighted by Crippen LogP contribution is -2.26. The first-order valence-corrected chi connectivity index (χ1v) is 18.9. The highest BCUT2D eigenvalue weighted by molar-refractivity contribution is 14.1. The Morgan fingerprint density at radius 3 is 1.09 bits per heavy atom. The van der Waals surface area contributed by atoms with E-state index in [9.17, 15) is 0 Å². The van der Waals surface area contributed by atoms with Crippen LogP contribution in [0.3, 0.4) is 0 Å². The van der Waals surface area contributed by atoms with Gasteiger partial charge in [-0.3, -0.25) is 0 Å². The number of rotatable bonds is 11. The van der Waals surface area contributed by atoms with Crippen LogP contribution in [0.5, 0.6) is 11.5 Å². The lowest BCUT2D eigenvalue weighted by molar-refractivity contribution is 0.341. The summed E-state index contributed by atoms with van der Waals surface area (Å²) >= 11 is 2.30. The fourth-order valence-corrected chi connectivity index (χ4v) is 10.8. The third kappa shape index (κ3) is 6.61. The quantitative estimate of drug-likeness (QED) is 0.0767. The van der Waals surface area contributed by atoms with Gasteiger partial charge in [-0.1, -0.05) is 146 Å². The molecule has 0 saturated heterocycles. The number of alkyl halides is 1. The van der Waals surface area contributed by atoms with Gasteiger partial charge in [0.05, 0.1) is 6.61 Å². The van der Waals surface area contributed by atoms with E-state index in [1.807, 2.05) is 0 Å². The van der Waals surface area contributed by atoms with Gasteiger partial charge in [0, 0.05) is 11.1 Å². The van der Waals surface area contributed by atoms with E-state index in [1.165, 1.54) is 31.8 Å². The number of hydrogen-bond acceptors (Lipinski definition) is 2. The van der Waals surface area contributed by atoms with E-state index in [-0.39, 0.29) is 0 Å². The summed E-state index contributed by atoms with van der Waals surface area (Å²) in [4.78, 5) is 0. The molecule has 0 aliphatic heterocycles. The zero-order chi connectivity index (χ0) is 30.1. The van der Waals surface area contributed by atoms with Gasteiger partial charge in [-0.05, 0) is 89.3 Å². The van der Waals surface area contributed by atoms with Crippen LogP contribution in [0.15, 0.2) is 158 Å². The molecule has 2 nitrogen and oxygen atoms in total. The van der Waals surface area contributed by atoms with E-state index in [2.05, 4.69) is 187 Å². The largest absolute Gasteiger partial charge is 0.493 e.